The van der Waals surface area contributed by atoms with Gasteiger partial charge in [-0.1, -0.05) is 6.08 Å². The molecule has 160 valence electrons. The van der Waals surface area contributed by atoms with Crippen LogP contribution in [0.15, 0.2) is 54.3 Å². The molecular weight excluding hydrogens is 414 g/mol. The Bertz CT molecular complexity index is 1080. The lowest BCUT2D eigenvalue weighted by molar-refractivity contribution is -0.134. The molecule has 1 saturated heterocycles. The molecule has 0 aromatic carbocycles. The molecule has 1 aliphatic rings. The topological polar surface area (TPSA) is 89.4 Å². The lowest BCUT2D eigenvalue weighted by Crippen LogP contribution is -2.43. The van der Waals surface area contributed by atoms with Crippen molar-refractivity contribution in [1.29, 1.82) is 0 Å². The number of carbonyl (C=O) groups is 2. The van der Waals surface area contributed by atoms with Crippen molar-refractivity contribution in [3.63, 3.8) is 0 Å². The van der Waals surface area contributed by atoms with E-state index in [2.05, 4.69) is 15.3 Å². The molecule has 8 nitrogen and oxygen atoms in total. The van der Waals surface area contributed by atoms with Crippen LogP contribution in [0.1, 0.15) is 28.7 Å². The highest BCUT2D eigenvalue weighted by Crippen LogP contribution is 2.19. The third kappa shape index (κ3) is 5.44. The molecule has 2 amide bonds. The summed E-state index contributed by atoms with van der Waals surface area (Å²) in [7, 11) is 0. The second-order valence-corrected chi connectivity index (χ2v) is 8.00. The number of ether oxygens (including phenoxy) is 1. The Morgan fingerprint density at radius 1 is 1.32 bits per heavy atom. The van der Waals surface area contributed by atoms with Crippen molar-refractivity contribution in [2.45, 2.75) is 19.6 Å². The first-order valence-corrected chi connectivity index (χ1v) is 10.8. The largest absolute Gasteiger partial charge is 0.370 e. The minimum atomic E-state index is -0.211. The highest BCUT2D eigenvalue weighted by molar-refractivity contribution is 7.14. The van der Waals surface area contributed by atoms with Crippen LogP contribution in [0.2, 0.25) is 0 Å². The maximum absolute atomic E-state index is 12.7. The highest BCUT2D eigenvalue weighted by atomic mass is 32.1. The van der Waals surface area contributed by atoms with Crippen molar-refractivity contribution in [3.8, 4) is 0 Å². The van der Waals surface area contributed by atoms with Gasteiger partial charge in [0.2, 0.25) is 5.91 Å². The number of pyridine rings is 1. The van der Waals surface area contributed by atoms with E-state index in [4.69, 9.17) is 4.74 Å². The summed E-state index contributed by atoms with van der Waals surface area (Å²) in [6, 6.07) is 7.48. The number of morpholine rings is 1. The quantitative estimate of drug-likeness (QED) is 0.641. The Kier molecular flexibility index (Phi) is 6.54. The number of aromatic nitrogens is 3. The van der Waals surface area contributed by atoms with E-state index in [1.165, 1.54) is 11.3 Å². The summed E-state index contributed by atoms with van der Waals surface area (Å²) < 4.78 is 7.57. The zero-order chi connectivity index (χ0) is 21.6. The number of thiazole rings is 1. The molecule has 3 aromatic heterocycles. The van der Waals surface area contributed by atoms with Crippen LogP contribution in [0.25, 0.3) is 6.08 Å². The molecule has 9 heteroatoms. The average molecular weight is 438 g/mol. The Balaban J connectivity index is 1.37. The van der Waals surface area contributed by atoms with Gasteiger partial charge in [-0.15, -0.1) is 11.3 Å². The van der Waals surface area contributed by atoms with Gasteiger partial charge >= 0.3 is 0 Å². The van der Waals surface area contributed by atoms with Gasteiger partial charge in [0, 0.05) is 44.0 Å². The number of rotatable bonds is 6. The van der Waals surface area contributed by atoms with Gasteiger partial charge in [-0.05, 0) is 35.9 Å². The highest BCUT2D eigenvalue weighted by Gasteiger charge is 2.20. The molecule has 31 heavy (non-hydrogen) atoms. The summed E-state index contributed by atoms with van der Waals surface area (Å²) in [5.41, 5.74) is 2.36. The summed E-state index contributed by atoms with van der Waals surface area (Å²) in [5, 5.41) is 5.26. The van der Waals surface area contributed by atoms with E-state index in [1.54, 1.807) is 30.3 Å². The lowest BCUT2D eigenvalue weighted by atomic mass is 10.2. The molecule has 0 radical (unpaired) electrons. The predicted molar refractivity (Wildman–Crippen MR) is 119 cm³/mol. The van der Waals surface area contributed by atoms with Gasteiger partial charge < -0.3 is 14.2 Å². The third-order valence-electron chi connectivity index (χ3n) is 4.93. The summed E-state index contributed by atoms with van der Waals surface area (Å²) in [5.74, 6) is -0.161. The summed E-state index contributed by atoms with van der Waals surface area (Å²) >= 11 is 1.36. The SMILES string of the molecule is CC(=O)N1CCOC(/C=C/c2csc(NC(=O)c3cccn3Cc3ccncc3)n2)C1. The Morgan fingerprint density at radius 3 is 2.97 bits per heavy atom. The molecule has 1 atom stereocenters. The first-order valence-electron chi connectivity index (χ1n) is 9.95. The van der Waals surface area contributed by atoms with Crippen LogP contribution in [0.5, 0.6) is 0 Å². The van der Waals surface area contributed by atoms with E-state index in [0.717, 1.165) is 11.3 Å². The first kappa shape index (κ1) is 21.0. The van der Waals surface area contributed by atoms with Crippen LogP contribution >= 0.6 is 11.3 Å². The Morgan fingerprint density at radius 2 is 2.16 bits per heavy atom. The minimum absolute atomic E-state index is 0.0500. The van der Waals surface area contributed by atoms with Crippen LogP contribution in [0, 0.1) is 0 Å². The minimum Gasteiger partial charge on any atom is -0.370 e. The van der Waals surface area contributed by atoms with Crippen LogP contribution in [-0.2, 0) is 16.1 Å². The number of hydrogen-bond donors (Lipinski definition) is 1. The normalized spacial score (nSPS) is 16.5. The fraction of sp³-hybridized carbons (Fsp3) is 0.273. The molecule has 4 rings (SSSR count). The van der Waals surface area contributed by atoms with E-state index in [1.807, 2.05) is 46.5 Å². The van der Waals surface area contributed by atoms with Gasteiger partial charge in [0.15, 0.2) is 5.13 Å². The molecule has 0 aliphatic carbocycles. The van der Waals surface area contributed by atoms with Crippen molar-refractivity contribution in [2.75, 3.05) is 25.0 Å². The van der Waals surface area contributed by atoms with Crippen molar-refractivity contribution >= 4 is 34.4 Å². The van der Waals surface area contributed by atoms with Gasteiger partial charge in [-0.2, -0.15) is 0 Å². The molecule has 1 N–H and O–H groups in total. The maximum atomic E-state index is 12.7. The van der Waals surface area contributed by atoms with Crippen LogP contribution in [0.3, 0.4) is 0 Å². The van der Waals surface area contributed by atoms with Crippen LogP contribution in [-0.4, -0.2) is 57.0 Å². The second kappa shape index (κ2) is 9.67. The second-order valence-electron chi connectivity index (χ2n) is 7.14. The van der Waals surface area contributed by atoms with E-state index in [0.29, 0.717) is 37.1 Å². The fourth-order valence-corrected chi connectivity index (χ4v) is 3.98. The Labute approximate surface area is 184 Å². The monoisotopic (exact) mass is 437 g/mol. The number of anilines is 1. The van der Waals surface area contributed by atoms with Gasteiger partial charge in [-0.3, -0.25) is 19.9 Å². The summed E-state index contributed by atoms with van der Waals surface area (Å²) in [6.07, 6.45) is 8.94. The van der Waals surface area contributed by atoms with Gasteiger partial charge in [0.1, 0.15) is 5.69 Å². The van der Waals surface area contributed by atoms with E-state index in [-0.39, 0.29) is 17.9 Å². The van der Waals surface area contributed by atoms with E-state index < -0.39 is 0 Å². The van der Waals surface area contributed by atoms with Gasteiger partial charge in [0.25, 0.3) is 5.91 Å². The number of nitrogens with zero attached hydrogens (tertiary/aromatic N) is 4. The first-order chi connectivity index (χ1) is 15.1. The maximum Gasteiger partial charge on any atom is 0.274 e. The molecule has 1 aliphatic heterocycles. The van der Waals surface area contributed by atoms with Crippen molar-refractivity contribution in [2.24, 2.45) is 0 Å². The van der Waals surface area contributed by atoms with Crippen LogP contribution < -0.4 is 5.32 Å². The number of amides is 2. The average Bonchev–Trinajstić information content (AvgIpc) is 3.42. The molecule has 0 bridgehead atoms. The molecule has 4 heterocycles. The Hall–Kier alpha value is -3.30. The summed E-state index contributed by atoms with van der Waals surface area (Å²) in [6.45, 7) is 3.83. The van der Waals surface area contributed by atoms with Gasteiger partial charge in [-0.25, -0.2) is 4.98 Å². The number of carbonyl (C=O) groups excluding carboxylic acids is 2. The number of nitrogens with one attached hydrogen (secondary N) is 1. The fourth-order valence-electron chi connectivity index (χ4n) is 3.31. The van der Waals surface area contributed by atoms with Crippen molar-refractivity contribution in [3.05, 3.63) is 71.3 Å². The van der Waals surface area contributed by atoms with Crippen LogP contribution in [0.4, 0.5) is 5.13 Å². The third-order valence-corrected chi connectivity index (χ3v) is 5.70. The molecule has 0 saturated carbocycles. The van der Waals surface area contributed by atoms with E-state index >= 15 is 0 Å². The molecular formula is C22H23N5O3S. The van der Waals surface area contributed by atoms with Gasteiger partial charge in [0.05, 0.1) is 24.9 Å². The van der Waals surface area contributed by atoms with E-state index in [9.17, 15) is 9.59 Å². The van der Waals surface area contributed by atoms with Crippen molar-refractivity contribution in [1.82, 2.24) is 19.4 Å². The zero-order valence-corrected chi connectivity index (χ0v) is 17.9. The molecule has 0 spiro atoms. The molecule has 1 fully saturated rings. The standard InChI is InChI=1S/C22H23N5O3S/c1-16(28)26-11-12-30-19(14-26)5-4-18-15-31-22(24-18)25-21(29)20-3-2-10-27(20)13-17-6-8-23-9-7-17/h2-10,15,19H,11-14H2,1H3,(H,24,25,29)/b5-4+. The van der Waals surface area contributed by atoms with Crippen molar-refractivity contribution < 1.29 is 14.3 Å². The lowest BCUT2D eigenvalue weighted by Gasteiger charge is -2.30. The molecule has 3 aromatic rings. The zero-order valence-electron chi connectivity index (χ0n) is 17.1. The molecule has 1 unspecified atom stereocenters. The smallest absolute Gasteiger partial charge is 0.274 e. The predicted octanol–water partition coefficient (Wildman–Crippen LogP) is 2.90. The summed E-state index contributed by atoms with van der Waals surface area (Å²) in [4.78, 5) is 34.5. The number of hydrogen-bond acceptors (Lipinski definition) is 6.